The van der Waals surface area contributed by atoms with Crippen LogP contribution in [0, 0.1) is 0 Å². The average molecular weight is 337 g/mol. The molecule has 3 heterocycles. The number of fused-ring (bicyclic) bond motifs is 3. The summed E-state index contributed by atoms with van der Waals surface area (Å²) in [6.07, 6.45) is 3.57. The van der Waals surface area contributed by atoms with Gasteiger partial charge in [-0.25, -0.2) is 4.98 Å². The molecule has 3 aromatic rings. The lowest BCUT2D eigenvalue weighted by atomic mass is 10.1. The predicted octanol–water partition coefficient (Wildman–Crippen LogP) is 3.29. The van der Waals surface area contributed by atoms with Gasteiger partial charge in [0.1, 0.15) is 17.3 Å². The molecule has 0 atom stereocenters. The molecular weight excluding hydrogens is 318 g/mol. The summed E-state index contributed by atoms with van der Waals surface area (Å²) in [6, 6.07) is 7.78. The zero-order chi connectivity index (χ0) is 17.2. The molecule has 0 amide bonds. The van der Waals surface area contributed by atoms with E-state index in [1.54, 1.807) is 26.6 Å². The van der Waals surface area contributed by atoms with E-state index < -0.39 is 0 Å². The van der Waals surface area contributed by atoms with Crippen LogP contribution in [0.4, 0.5) is 5.82 Å². The van der Waals surface area contributed by atoms with Crippen LogP contribution in [-0.2, 0) is 24.5 Å². The highest BCUT2D eigenvalue weighted by atomic mass is 16.5. The van der Waals surface area contributed by atoms with Gasteiger partial charge in [0.2, 0.25) is 0 Å². The third kappa shape index (κ3) is 2.85. The highest BCUT2D eigenvalue weighted by Gasteiger charge is 2.20. The Morgan fingerprint density at radius 1 is 1.12 bits per heavy atom. The first-order valence-electron chi connectivity index (χ1n) is 8.08. The van der Waals surface area contributed by atoms with E-state index in [1.807, 2.05) is 24.3 Å². The smallest absolute Gasteiger partial charge is 0.132 e. The number of rotatable bonds is 5. The molecule has 0 saturated carbocycles. The highest BCUT2D eigenvalue weighted by Crippen LogP contribution is 2.33. The number of hydrogen-bond acceptors (Lipinski definition) is 6. The van der Waals surface area contributed by atoms with Crippen molar-refractivity contribution in [2.24, 2.45) is 0 Å². The van der Waals surface area contributed by atoms with E-state index in [4.69, 9.17) is 19.2 Å². The van der Waals surface area contributed by atoms with Crippen LogP contribution in [0.15, 0.2) is 36.7 Å². The summed E-state index contributed by atoms with van der Waals surface area (Å²) >= 11 is 0. The molecule has 0 bridgehead atoms. The molecule has 1 aliphatic heterocycles. The molecule has 0 aliphatic carbocycles. The Labute approximate surface area is 145 Å². The molecule has 1 aromatic carbocycles. The van der Waals surface area contributed by atoms with Crippen LogP contribution >= 0.6 is 0 Å². The minimum absolute atomic E-state index is 0.572. The fourth-order valence-corrected chi connectivity index (χ4v) is 3.12. The zero-order valence-corrected chi connectivity index (χ0v) is 14.2. The maximum absolute atomic E-state index is 5.65. The maximum Gasteiger partial charge on any atom is 0.132 e. The van der Waals surface area contributed by atoms with Crippen molar-refractivity contribution >= 4 is 16.7 Å². The standard InChI is InChI=1S/C19H19N3O3/c1-23-13-4-3-12(18(7-13)24-2)8-21-19-16-11-25-10-15(16)14-5-6-20-9-17(14)22-19/h3-7,9H,8,10-11H2,1-2H3,(H,21,22). The summed E-state index contributed by atoms with van der Waals surface area (Å²) in [7, 11) is 3.30. The van der Waals surface area contributed by atoms with Crippen molar-refractivity contribution in [2.75, 3.05) is 19.5 Å². The third-order valence-corrected chi connectivity index (χ3v) is 4.44. The van der Waals surface area contributed by atoms with E-state index in [0.717, 1.165) is 39.3 Å². The van der Waals surface area contributed by atoms with Gasteiger partial charge in [-0.1, -0.05) is 0 Å². The number of nitrogens with one attached hydrogen (secondary N) is 1. The largest absolute Gasteiger partial charge is 0.497 e. The Hall–Kier alpha value is -2.86. The van der Waals surface area contributed by atoms with E-state index in [2.05, 4.69) is 10.3 Å². The Morgan fingerprint density at radius 2 is 2.00 bits per heavy atom. The van der Waals surface area contributed by atoms with Crippen LogP contribution in [0.25, 0.3) is 10.9 Å². The highest BCUT2D eigenvalue weighted by molar-refractivity contribution is 5.85. The van der Waals surface area contributed by atoms with Gasteiger partial charge in [0, 0.05) is 35.3 Å². The van der Waals surface area contributed by atoms with Crippen molar-refractivity contribution in [3.8, 4) is 11.5 Å². The fourth-order valence-electron chi connectivity index (χ4n) is 3.12. The van der Waals surface area contributed by atoms with Crippen molar-refractivity contribution < 1.29 is 14.2 Å². The van der Waals surface area contributed by atoms with Crippen molar-refractivity contribution in [1.29, 1.82) is 0 Å². The summed E-state index contributed by atoms with van der Waals surface area (Å²) in [6.45, 7) is 1.78. The number of ether oxygens (including phenoxy) is 3. The summed E-state index contributed by atoms with van der Waals surface area (Å²) in [4.78, 5) is 8.91. The summed E-state index contributed by atoms with van der Waals surface area (Å²) < 4.78 is 16.4. The van der Waals surface area contributed by atoms with Crippen LogP contribution < -0.4 is 14.8 Å². The minimum Gasteiger partial charge on any atom is -0.497 e. The lowest BCUT2D eigenvalue weighted by Gasteiger charge is -2.14. The molecule has 0 spiro atoms. The number of nitrogens with zero attached hydrogens (tertiary/aromatic N) is 2. The van der Waals surface area contributed by atoms with E-state index in [9.17, 15) is 0 Å². The van der Waals surface area contributed by atoms with Crippen molar-refractivity contribution in [2.45, 2.75) is 19.8 Å². The van der Waals surface area contributed by atoms with E-state index in [-0.39, 0.29) is 0 Å². The second-order valence-electron chi connectivity index (χ2n) is 5.83. The van der Waals surface area contributed by atoms with Gasteiger partial charge in [0.05, 0.1) is 39.1 Å². The molecule has 6 nitrogen and oxygen atoms in total. The number of anilines is 1. The zero-order valence-electron chi connectivity index (χ0n) is 14.2. The Balaban J connectivity index is 1.66. The van der Waals surface area contributed by atoms with Gasteiger partial charge in [-0.3, -0.25) is 4.98 Å². The molecule has 1 N–H and O–H groups in total. The number of pyridine rings is 2. The Morgan fingerprint density at radius 3 is 2.84 bits per heavy atom. The summed E-state index contributed by atoms with van der Waals surface area (Å²) in [5.74, 6) is 2.39. The molecule has 25 heavy (non-hydrogen) atoms. The molecule has 0 saturated heterocycles. The monoisotopic (exact) mass is 337 g/mol. The molecule has 6 heteroatoms. The number of benzene rings is 1. The first kappa shape index (κ1) is 15.7. The predicted molar refractivity (Wildman–Crippen MR) is 94.9 cm³/mol. The van der Waals surface area contributed by atoms with E-state index >= 15 is 0 Å². The van der Waals surface area contributed by atoms with Crippen LogP contribution in [0.5, 0.6) is 11.5 Å². The SMILES string of the molecule is COc1ccc(CNc2nc3cnccc3c3c2COC3)c(OC)c1. The number of aromatic nitrogens is 2. The van der Waals surface area contributed by atoms with Gasteiger partial charge in [0.15, 0.2) is 0 Å². The first-order chi connectivity index (χ1) is 12.3. The third-order valence-electron chi connectivity index (χ3n) is 4.44. The van der Waals surface area contributed by atoms with Gasteiger partial charge < -0.3 is 19.5 Å². The Bertz CT molecular complexity index is 927. The molecule has 0 fully saturated rings. The molecule has 0 radical (unpaired) electrons. The van der Waals surface area contributed by atoms with Crippen LogP contribution in [0.3, 0.4) is 0 Å². The van der Waals surface area contributed by atoms with E-state index in [0.29, 0.717) is 19.8 Å². The summed E-state index contributed by atoms with van der Waals surface area (Å²) in [5, 5.41) is 4.53. The van der Waals surface area contributed by atoms with Gasteiger partial charge in [0.25, 0.3) is 0 Å². The molecule has 1 aliphatic rings. The van der Waals surface area contributed by atoms with Gasteiger partial charge in [-0.2, -0.15) is 0 Å². The normalized spacial score (nSPS) is 12.9. The second-order valence-corrected chi connectivity index (χ2v) is 5.83. The van der Waals surface area contributed by atoms with Crippen molar-refractivity contribution in [1.82, 2.24) is 9.97 Å². The molecule has 4 rings (SSSR count). The van der Waals surface area contributed by atoms with Gasteiger partial charge in [-0.05, 0) is 23.8 Å². The maximum atomic E-state index is 5.65. The van der Waals surface area contributed by atoms with Crippen LogP contribution in [0.1, 0.15) is 16.7 Å². The van der Waals surface area contributed by atoms with Crippen LogP contribution in [-0.4, -0.2) is 24.2 Å². The first-order valence-corrected chi connectivity index (χ1v) is 8.08. The van der Waals surface area contributed by atoms with Crippen molar-refractivity contribution in [3.05, 3.63) is 53.3 Å². The average Bonchev–Trinajstić information content (AvgIpc) is 3.16. The fraction of sp³-hybridized carbons (Fsp3) is 0.263. The van der Waals surface area contributed by atoms with Gasteiger partial charge in [-0.15, -0.1) is 0 Å². The minimum atomic E-state index is 0.572. The summed E-state index contributed by atoms with van der Waals surface area (Å²) in [5.41, 5.74) is 4.21. The molecule has 0 unspecified atom stereocenters. The van der Waals surface area contributed by atoms with Crippen LogP contribution in [0.2, 0.25) is 0 Å². The number of hydrogen-bond donors (Lipinski definition) is 1. The molecule has 2 aromatic heterocycles. The number of methoxy groups -OCH3 is 2. The second kappa shape index (κ2) is 6.57. The van der Waals surface area contributed by atoms with E-state index in [1.165, 1.54) is 5.56 Å². The lowest BCUT2D eigenvalue weighted by Crippen LogP contribution is -2.07. The quantitative estimate of drug-likeness (QED) is 0.771. The Kier molecular flexibility index (Phi) is 4.11. The van der Waals surface area contributed by atoms with Crippen molar-refractivity contribution in [3.63, 3.8) is 0 Å². The topological polar surface area (TPSA) is 65.5 Å². The van der Waals surface area contributed by atoms with Gasteiger partial charge >= 0.3 is 0 Å². The molecular formula is C19H19N3O3. The molecule has 128 valence electrons. The lowest BCUT2D eigenvalue weighted by molar-refractivity contribution is 0.135.